The molecule has 3 heteroatoms. The number of ether oxygens (including phenoxy) is 1. The second kappa shape index (κ2) is 2.46. The van der Waals surface area contributed by atoms with Crippen LogP contribution in [-0.2, 0) is 9.53 Å². The van der Waals surface area contributed by atoms with Gasteiger partial charge in [0.15, 0.2) is 0 Å². The Morgan fingerprint density at radius 2 is 2.33 bits per heavy atom. The number of carboxylic acid groups (broad SMARTS) is 1. The second-order valence-electron chi connectivity index (χ2n) is 4.09. The van der Waals surface area contributed by atoms with Crippen LogP contribution in [0.5, 0.6) is 0 Å². The highest BCUT2D eigenvalue weighted by molar-refractivity contribution is 5.74. The highest BCUT2D eigenvalue weighted by Crippen LogP contribution is 2.60. The molecule has 1 aliphatic heterocycles. The zero-order valence-corrected chi connectivity index (χ0v) is 7.25. The van der Waals surface area contributed by atoms with Crippen LogP contribution in [-0.4, -0.2) is 23.8 Å². The summed E-state index contributed by atoms with van der Waals surface area (Å²) in [4.78, 5) is 10.7. The lowest BCUT2D eigenvalue weighted by atomic mass is 9.90. The third kappa shape index (κ3) is 1.12. The molecule has 0 aromatic heterocycles. The highest BCUT2D eigenvalue weighted by Gasteiger charge is 2.59. The van der Waals surface area contributed by atoms with Crippen LogP contribution in [0, 0.1) is 11.3 Å². The molecule has 2 aliphatic rings. The predicted molar refractivity (Wildman–Crippen MR) is 42.8 cm³/mol. The van der Waals surface area contributed by atoms with E-state index in [1.807, 2.05) is 6.92 Å². The second-order valence-corrected chi connectivity index (χ2v) is 4.09. The molecule has 68 valence electrons. The molecule has 3 nitrogen and oxygen atoms in total. The Morgan fingerprint density at radius 1 is 1.58 bits per heavy atom. The fourth-order valence-electron chi connectivity index (χ4n) is 2.40. The molecule has 12 heavy (non-hydrogen) atoms. The van der Waals surface area contributed by atoms with Gasteiger partial charge in [-0.25, -0.2) is 0 Å². The first-order valence-corrected chi connectivity index (χ1v) is 4.48. The van der Waals surface area contributed by atoms with Gasteiger partial charge < -0.3 is 9.84 Å². The van der Waals surface area contributed by atoms with Crippen molar-refractivity contribution < 1.29 is 14.6 Å². The van der Waals surface area contributed by atoms with E-state index in [1.54, 1.807) is 0 Å². The van der Waals surface area contributed by atoms with Crippen molar-refractivity contribution in [2.75, 3.05) is 6.61 Å². The van der Waals surface area contributed by atoms with Gasteiger partial charge in [-0.1, -0.05) is 0 Å². The first-order valence-electron chi connectivity index (χ1n) is 4.48. The molecule has 2 rings (SSSR count). The van der Waals surface area contributed by atoms with Gasteiger partial charge in [-0.15, -0.1) is 0 Å². The van der Waals surface area contributed by atoms with Crippen molar-refractivity contribution in [1.82, 2.24) is 0 Å². The van der Waals surface area contributed by atoms with E-state index >= 15 is 0 Å². The first kappa shape index (κ1) is 8.05. The van der Waals surface area contributed by atoms with Crippen molar-refractivity contribution in [3.63, 3.8) is 0 Å². The van der Waals surface area contributed by atoms with E-state index in [2.05, 4.69) is 0 Å². The molecule has 0 unspecified atom stereocenters. The molecule has 1 saturated carbocycles. The lowest BCUT2D eigenvalue weighted by molar-refractivity contribution is -0.140. The quantitative estimate of drug-likeness (QED) is 0.644. The van der Waals surface area contributed by atoms with Crippen LogP contribution in [0.4, 0.5) is 0 Å². The van der Waals surface area contributed by atoms with Crippen molar-refractivity contribution in [2.24, 2.45) is 11.3 Å². The normalized spacial score (nSPS) is 46.1. The molecule has 0 aromatic rings. The largest absolute Gasteiger partial charge is 0.481 e. The number of carbonyl (C=O) groups is 1. The van der Waals surface area contributed by atoms with E-state index in [0.717, 1.165) is 25.9 Å². The Kier molecular flexibility index (Phi) is 1.65. The van der Waals surface area contributed by atoms with Crippen LogP contribution in [0.25, 0.3) is 0 Å². The number of hydrogen-bond acceptors (Lipinski definition) is 2. The summed E-state index contributed by atoms with van der Waals surface area (Å²) in [5, 5.41) is 8.82. The summed E-state index contributed by atoms with van der Waals surface area (Å²) in [6.45, 7) is 2.77. The maximum absolute atomic E-state index is 10.7. The summed E-state index contributed by atoms with van der Waals surface area (Å²) in [6, 6.07) is 0. The summed E-state index contributed by atoms with van der Waals surface area (Å²) in [5.41, 5.74) is 0.115. The Morgan fingerprint density at radius 3 is 2.83 bits per heavy atom. The Bertz CT molecular complexity index is 214. The van der Waals surface area contributed by atoms with Crippen LogP contribution in [0.2, 0.25) is 0 Å². The molecule has 0 amide bonds. The van der Waals surface area contributed by atoms with E-state index in [0.29, 0.717) is 0 Å². The van der Waals surface area contributed by atoms with Gasteiger partial charge in [-0.3, -0.25) is 4.79 Å². The minimum absolute atomic E-state index is 0.0798. The van der Waals surface area contributed by atoms with E-state index in [1.165, 1.54) is 0 Å². The van der Waals surface area contributed by atoms with Crippen LogP contribution in [0.15, 0.2) is 0 Å². The number of aliphatic carboxylic acids is 1. The Hall–Kier alpha value is -0.570. The molecule has 0 bridgehead atoms. The zero-order chi connectivity index (χ0) is 8.77. The van der Waals surface area contributed by atoms with Crippen molar-refractivity contribution >= 4 is 5.97 Å². The van der Waals surface area contributed by atoms with Crippen molar-refractivity contribution in [1.29, 1.82) is 0 Å². The molecule has 1 heterocycles. The standard InChI is InChI=1S/C9H14O3/c1-6-4-9(2-3-12-6)5-7(9)8(10)11/h6-7H,2-5H2,1H3,(H,10,11)/t6-,7+,9-/m1/s1. The molecule has 0 radical (unpaired) electrons. The van der Waals surface area contributed by atoms with Crippen molar-refractivity contribution in [3.8, 4) is 0 Å². The molecule has 1 N–H and O–H groups in total. The van der Waals surface area contributed by atoms with E-state index in [-0.39, 0.29) is 17.4 Å². The molecule has 0 aromatic carbocycles. The SMILES string of the molecule is C[C@@H]1C[C@]2(CCO1)C[C@H]2C(=O)O. The summed E-state index contributed by atoms with van der Waals surface area (Å²) in [6.07, 6.45) is 3.00. The van der Waals surface area contributed by atoms with Gasteiger partial charge in [0.2, 0.25) is 0 Å². The fourth-order valence-corrected chi connectivity index (χ4v) is 2.40. The van der Waals surface area contributed by atoms with Gasteiger partial charge in [0, 0.05) is 6.61 Å². The average molecular weight is 170 g/mol. The van der Waals surface area contributed by atoms with Gasteiger partial charge in [0.05, 0.1) is 12.0 Å². The smallest absolute Gasteiger partial charge is 0.307 e. The molecular weight excluding hydrogens is 156 g/mol. The fraction of sp³-hybridized carbons (Fsp3) is 0.889. The Balaban J connectivity index is 2.01. The monoisotopic (exact) mass is 170 g/mol. The lowest BCUT2D eigenvalue weighted by Crippen LogP contribution is -2.26. The van der Waals surface area contributed by atoms with Crippen LogP contribution in [0.1, 0.15) is 26.2 Å². The molecular formula is C9H14O3. The van der Waals surface area contributed by atoms with Crippen molar-refractivity contribution in [3.05, 3.63) is 0 Å². The molecule has 3 atom stereocenters. The number of rotatable bonds is 1. The summed E-state index contributed by atoms with van der Waals surface area (Å²) in [5.74, 6) is -0.701. The summed E-state index contributed by atoms with van der Waals surface area (Å²) < 4.78 is 5.39. The topological polar surface area (TPSA) is 46.5 Å². The average Bonchev–Trinajstić information content (AvgIpc) is 2.63. The summed E-state index contributed by atoms with van der Waals surface area (Å²) >= 11 is 0. The minimum Gasteiger partial charge on any atom is -0.481 e. The maximum atomic E-state index is 10.7. The van der Waals surface area contributed by atoms with E-state index in [9.17, 15) is 4.79 Å². The molecule has 1 aliphatic carbocycles. The van der Waals surface area contributed by atoms with Gasteiger partial charge in [-0.05, 0) is 31.6 Å². The third-order valence-corrected chi connectivity index (χ3v) is 3.18. The van der Waals surface area contributed by atoms with E-state index < -0.39 is 5.97 Å². The van der Waals surface area contributed by atoms with Crippen LogP contribution >= 0.6 is 0 Å². The van der Waals surface area contributed by atoms with Crippen LogP contribution < -0.4 is 0 Å². The molecule has 1 saturated heterocycles. The third-order valence-electron chi connectivity index (χ3n) is 3.18. The Labute approximate surface area is 71.7 Å². The lowest BCUT2D eigenvalue weighted by Gasteiger charge is -2.27. The number of hydrogen-bond donors (Lipinski definition) is 1. The van der Waals surface area contributed by atoms with Crippen molar-refractivity contribution in [2.45, 2.75) is 32.3 Å². The maximum Gasteiger partial charge on any atom is 0.307 e. The highest BCUT2D eigenvalue weighted by atomic mass is 16.5. The minimum atomic E-state index is -0.621. The predicted octanol–water partition coefficient (Wildman–Crippen LogP) is 1.28. The number of carboxylic acids is 1. The molecule has 1 spiro atoms. The summed E-state index contributed by atoms with van der Waals surface area (Å²) in [7, 11) is 0. The van der Waals surface area contributed by atoms with E-state index in [4.69, 9.17) is 9.84 Å². The van der Waals surface area contributed by atoms with Gasteiger partial charge in [-0.2, -0.15) is 0 Å². The zero-order valence-electron chi connectivity index (χ0n) is 7.25. The van der Waals surface area contributed by atoms with Gasteiger partial charge in [0.25, 0.3) is 0 Å². The van der Waals surface area contributed by atoms with Crippen LogP contribution in [0.3, 0.4) is 0 Å². The van der Waals surface area contributed by atoms with Gasteiger partial charge in [0.1, 0.15) is 0 Å². The first-order chi connectivity index (χ1) is 5.64. The molecule has 2 fully saturated rings. The van der Waals surface area contributed by atoms with Gasteiger partial charge >= 0.3 is 5.97 Å².